The third kappa shape index (κ3) is 3.98. The fourth-order valence-electron chi connectivity index (χ4n) is 4.47. The van der Waals surface area contributed by atoms with E-state index in [2.05, 4.69) is 27.3 Å². The third-order valence-electron chi connectivity index (χ3n) is 5.93. The van der Waals surface area contributed by atoms with Gasteiger partial charge in [-0.2, -0.15) is 5.10 Å². The molecule has 0 spiro atoms. The zero-order valence-corrected chi connectivity index (χ0v) is 16.4. The number of morpholine rings is 1. The highest BCUT2D eigenvalue weighted by Gasteiger charge is 2.48. The number of hydrogen-bond donors (Lipinski definition) is 2. The lowest BCUT2D eigenvalue weighted by Gasteiger charge is -2.55. The summed E-state index contributed by atoms with van der Waals surface area (Å²) in [6.45, 7) is 7.85. The Bertz CT molecular complexity index is 769. The summed E-state index contributed by atoms with van der Waals surface area (Å²) in [6, 6.07) is 6.79. The molecule has 0 bridgehead atoms. The zero-order chi connectivity index (χ0) is 19.4. The van der Waals surface area contributed by atoms with Crippen LogP contribution in [0.2, 0.25) is 0 Å². The number of hydrogen-bond acceptors (Lipinski definition) is 5. The van der Waals surface area contributed by atoms with E-state index in [1.807, 2.05) is 6.07 Å². The summed E-state index contributed by atoms with van der Waals surface area (Å²) in [5, 5.41) is 10.7. The molecule has 2 aliphatic rings. The van der Waals surface area contributed by atoms with Gasteiger partial charge in [0.2, 0.25) is 0 Å². The summed E-state index contributed by atoms with van der Waals surface area (Å²) in [5.41, 5.74) is 2.39. The molecule has 0 unspecified atom stereocenters. The second-order valence-corrected chi connectivity index (χ2v) is 7.66. The lowest BCUT2D eigenvalue weighted by molar-refractivity contribution is -0.125. The van der Waals surface area contributed by atoms with E-state index < -0.39 is 0 Å². The Labute approximate surface area is 165 Å². The van der Waals surface area contributed by atoms with Crippen molar-refractivity contribution in [1.82, 2.24) is 20.4 Å². The fourth-order valence-corrected chi connectivity index (χ4v) is 4.47. The highest BCUT2D eigenvalue weighted by Crippen LogP contribution is 2.40. The summed E-state index contributed by atoms with van der Waals surface area (Å²) in [6.07, 6.45) is 4.20. The van der Waals surface area contributed by atoms with Gasteiger partial charge in [-0.3, -0.25) is 10.00 Å². The van der Waals surface area contributed by atoms with E-state index in [9.17, 15) is 4.39 Å². The minimum atomic E-state index is -0.240. The Morgan fingerprint density at radius 1 is 1.32 bits per heavy atom. The van der Waals surface area contributed by atoms with Gasteiger partial charge in [-0.15, -0.1) is 0 Å². The molecule has 0 amide bonds. The molecule has 1 aliphatic carbocycles. The summed E-state index contributed by atoms with van der Waals surface area (Å²) in [5.74, 6) is -0.240. The molecule has 2 aromatic rings. The predicted octanol–water partition coefficient (Wildman–Crippen LogP) is 2.58. The van der Waals surface area contributed by atoms with Crippen LogP contribution in [0.5, 0.6) is 0 Å². The lowest BCUT2D eigenvalue weighted by Crippen LogP contribution is -2.66. The van der Waals surface area contributed by atoms with Crippen LogP contribution in [0.4, 0.5) is 4.39 Å². The van der Waals surface area contributed by atoms with Crippen molar-refractivity contribution < 1.29 is 13.9 Å². The molecule has 1 saturated heterocycles. The molecule has 2 heterocycles. The maximum Gasteiger partial charge on any atom is 0.132 e. The SMILES string of the molecule is CCOC1CC(CNCc2cn[nH]c2-c2ccccc2F)(N2CCOCC2)C1. The molecular weight excluding hydrogens is 359 g/mol. The standard InChI is InChI=1S/C21H29FN4O2/c1-2-28-17-11-21(12-17,26-7-9-27-10-8-26)15-23-13-16-14-24-25-20(16)18-5-3-4-6-19(18)22/h3-6,14,17,23H,2,7-13,15H2,1H3,(H,24,25). The second kappa shape index (κ2) is 8.69. The van der Waals surface area contributed by atoms with Crippen molar-refractivity contribution in [1.29, 1.82) is 0 Å². The molecule has 152 valence electrons. The van der Waals surface area contributed by atoms with Gasteiger partial charge in [0.25, 0.3) is 0 Å². The van der Waals surface area contributed by atoms with Gasteiger partial charge in [0.1, 0.15) is 5.82 Å². The first-order valence-electron chi connectivity index (χ1n) is 10.1. The number of rotatable bonds is 8. The fraction of sp³-hybridized carbons (Fsp3) is 0.571. The molecule has 2 N–H and O–H groups in total. The molecule has 1 aliphatic heterocycles. The maximum atomic E-state index is 14.2. The molecule has 2 fully saturated rings. The van der Waals surface area contributed by atoms with Gasteiger partial charge in [-0.05, 0) is 31.9 Å². The molecule has 1 aromatic heterocycles. The number of ether oxygens (including phenoxy) is 2. The van der Waals surface area contributed by atoms with Gasteiger partial charge in [0, 0.05) is 49.5 Å². The third-order valence-corrected chi connectivity index (χ3v) is 5.93. The van der Waals surface area contributed by atoms with Crippen LogP contribution in [0, 0.1) is 5.82 Å². The van der Waals surface area contributed by atoms with Crippen molar-refractivity contribution in [2.75, 3.05) is 39.5 Å². The maximum absolute atomic E-state index is 14.2. The number of aromatic amines is 1. The molecule has 1 aromatic carbocycles. The van der Waals surface area contributed by atoms with Crippen LogP contribution in [-0.4, -0.2) is 66.2 Å². The van der Waals surface area contributed by atoms with Crippen LogP contribution in [0.3, 0.4) is 0 Å². The molecule has 1 saturated carbocycles. The normalized spacial score (nSPS) is 25.6. The molecule has 6 nitrogen and oxygen atoms in total. The minimum absolute atomic E-state index is 0.117. The van der Waals surface area contributed by atoms with Crippen molar-refractivity contribution in [3.8, 4) is 11.3 Å². The summed E-state index contributed by atoms with van der Waals surface area (Å²) < 4.78 is 25.5. The van der Waals surface area contributed by atoms with Crippen molar-refractivity contribution in [2.24, 2.45) is 0 Å². The summed E-state index contributed by atoms with van der Waals surface area (Å²) in [4.78, 5) is 2.55. The van der Waals surface area contributed by atoms with Crippen molar-refractivity contribution in [2.45, 2.75) is 38.0 Å². The number of halogens is 1. The number of nitrogens with one attached hydrogen (secondary N) is 2. The van der Waals surface area contributed by atoms with Crippen LogP contribution in [-0.2, 0) is 16.0 Å². The number of nitrogens with zero attached hydrogens (tertiary/aromatic N) is 2. The van der Waals surface area contributed by atoms with E-state index in [0.29, 0.717) is 18.2 Å². The molecule has 7 heteroatoms. The van der Waals surface area contributed by atoms with E-state index in [1.165, 1.54) is 6.07 Å². The van der Waals surface area contributed by atoms with E-state index in [0.717, 1.165) is 63.6 Å². The zero-order valence-electron chi connectivity index (χ0n) is 16.4. The number of benzene rings is 1. The van der Waals surface area contributed by atoms with Gasteiger partial charge in [-0.25, -0.2) is 4.39 Å². The molecule has 0 atom stereocenters. The highest BCUT2D eigenvalue weighted by atomic mass is 19.1. The molecule has 0 radical (unpaired) electrons. The van der Waals surface area contributed by atoms with E-state index in [-0.39, 0.29) is 11.4 Å². The Balaban J connectivity index is 1.41. The van der Waals surface area contributed by atoms with Crippen molar-refractivity contribution in [3.63, 3.8) is 0 Å². The van der Waals surface area contributed by atoms with E-state index in [4.69, 9.17) is 9.47 Å². The summed E-state index contributed by atoms with van der Waals surface area (Å²) in [7, 11) is 0. The highest BCUT2D eigenvalue weighted by molar-refractivity contribution is 5.63. The minimum Gasteiger partial charge on any atom is -0.379 e. The monoisotopic (exact) mass is 388 g/mol. The Morgan fingerprint density at radius 2 is 2.11 bits per heavy atom. The van der Waals surface area contributed by atoms with E-state index in [1.54, 1.807) is 18.3 Å². The number of aromatic nitrogens is 2. The Morgan fingerprint density at radius 3 is 2.86 bits per heavy atom. The average molecular weight is 388 g/mol. The predicted molar refractivity (Wildman–Crippen MR) is 105 cm³/mol. The van der Waals surface area contributed by atoms with Crippen LogP contribution in [0.25, 0.3) is 11.3 Å². The second-order valence-electron chi connectivity index (χ2n) is 7.66. The first-order valence-corrected chi connectivity index (χ1v) is 10.1. The quantitative estimate of drug-likeness (QED) is 0.728. The average Bonchev–Trinajstić information content (AvgIpc) is 3.15. The number of H-pyrrole nitrogens is 1. The summed E-state index contributed by atoms with van der Waals surface area (Å²) >= 11 is 0. The van der Waals surface area contributed by atoms with Gasteiger partial charge in [0.05, 0.1) is 31.2 Å². The smallest absolute Gasteiger partial charge is 0.132 e. The van der Waals surface area contributed by atoms with Crippen LogP contribution in [0.1, 0.15) is 25.3 Å². The van der Waals surface area contributed by atoms with Crippen LogP contribution in [0.15, 0.2) is 30.5 Å². The molecular formula is C21H29FN4O2. The van der Waals surface area contributed by atoms with Crippen molar-refractivity contribution in [3.05, 3.63) is 41.8 Å². The first-order chi connectivity index (χ1) is 13.7. The van der Waals surface area contributed by atoms with Crippen molar-refractivity contribution >= 4 is 0 Å². The Kier molecular flexibility index (Phi) is 6.06. The van der Waals surface area contributed by atoms with Gasteiger partial charge < -0.3 is 14.8 Å². The van der Waals surface area contributed by atoms with Crippen LogP contribution < -0.4 is 5.32 Å². The van der Waals surface area contributed by atoms with Gasteiger partial charge >= 0.3 is 0 Å². The van der Waals surface area contributed by atoms with Crippen LogP contribution >= 0.6 is 0 Å². The first kappa shape index (κ1) is 19.5. The molecule has 4 rings (SSSR count). The molecule has 28 heavy (non-hydrogen) atoms. The largest absolute Gasteiger partial charge is 0.379 e. The van der Waals surface area contributed by atoms with E-state index >= 15 is 0 Å². The topological polar surface area (TPSA) is 62.4 Å². The van der Waals surface area contributed by atoms with Gasteiger partial charge in [0.15, 0.2) is 0 Å². The Hall–Kier alpha value is -1.80. The van der Waals surface area contributed by atoms with Gasteiger partial charge in [-0.1, -0.05) is 12.1 Å². The lowest BCUT2D eigenvalue weighted by atomic mass is 9.72.